The van der Waals surface area contributed by atoms with Crippen LogP contribution in [0.3, 0.4) is 0 Å². The van der Waals surface area contributed by atoms with Gasteiger partial charge >= 0.3 is 0 Å². The van der Waals surface area contributed by atoms with Crippen LogP contribution >= 0.6 is 11.6 Å². The third-order valence-corrected chi connectivity index (χ3v) is 4.24. The molecule has 0 aliphatic heterocycles. The van der Waals surface area contributed by atoms with E-state index in [0.29, 0.717) is 10.8 Å². The van der Waals surface area contributed by atoms with Gasteiger partial charge in [0.25, 0.3) is 5.91 Å². The zero-order valence-electron chi connectivity index (χ0n) is 14.6. The number of benzene rings is 2. The molecule has 2 atom stereocenters. The van der Waals surface area contributed by atoms with Crippen molar-refractivity contribution in [3.05, 3.63) is 64.2 Å². The monoisotopic (exact) mass is 345 g/mol. The molecular weight excluding hydrogens is 322 g/mol. The lowest BCUT2D eigenvalue weighted by molar-refractivity contribution is -0.128. The summed E-state index contributed by atoms with van der Waals surface area (Å²) in [5.41, 5.74) is 3.55. The third-order valence-electron chi connectivity index (χ3n) is 4.00. The van der Waals surface area contributed by atoms with E-state index in [4.69, 9.17) is 16.3 Å². The molecule has 2 aromatic carbocycles. The molecule has 2 aromatic rings. The van der Waals surface area contributed by atoms with Crippen molar-refractivity contribution in [2.75, 3.05) is 0 Å². The Hall–Kier alpha value is -2.00. The Balaban J connectivity index is 2.05. The fourth-order valence-electron chi connectivity index (χ4n) is 2.70. The Bertz CT molecular complexity index is 715. The number of halogens is 1. The largest absolute Gasteiger partial charge is 0.481 e. The van der Waals surface area contributed by atoms with Gasteiger partial charge in [-0.3, -0.25) is 4.79 Å². The highest BCUT2D eigenvalue weighted by Gasteiger charge is 2.20. The van der Waals surface area contributed by atoms with Crippen LogP contribution in [-0.2, 0) is 4.79 Å². The Kier molecular flexibility index (Phi) is 6.27. The molecule has 1 amide bonds. The van der Waals surface area contributed by atoms with Crippen molar-refractivity contribution < 1.29 is 9.53 Å². The zero-order chi connectivity index (χ0) is 17.7. The summed E-state index contributed by atoms with van der Waals surface area (Å²) in [5.74, 6) is 0.450. The summed E-state index contributed by atoms with van der Waals surface area (Å²) in [6, 6.07) is 13.3. The van der Waals surface area contributed by atoms with Crippen molar-refractivity contribution in [2.24, 2.45) is 0 Å². The number of hydrogen-bond donors (Lipinski definition) is 1. The molecule has 0 saturated carbocycles. The van der Waals surface area contributed by atoms with Crippen LogP contribution in [0.4, 0.5) is 0 Å². The minimum Gasteiger partial charge on any atom is -0.481 e. The predicted molar refractivity (Wildman–Crippen MR) is 98.6 cm³/mol. The van der Waals surface area contributed by atoms with Crippen LogP contribution in [0.1, 0.15) is 43.0 Å². The van der Waals surface area contributed by atoms with Crippen molar-refractivity contribution in [1.29, 1.82) is 0 Å². The summed E-state index contributed by atoms with van der Waals surface area (Å²) < 4.78 is 5.69. The maximum atomic E-state index is 12.5. The standard InChI is InChI=1S/C20H24ClNO2/c1-5-19(18-10-9-13(2)11-14(18)3)22-20(23)15(4)24-17-8-6-7-16(21)12-17/h6-12,15,19H,5H2,1-4H3,(H,22,23)/t15-,19-/m0/s1. The average Bonchev–Trinajstić information content (AvgIpc) is 2.53. The van der Waals surface area contributed by atoms with Crippen molar-refractivity contribution in [2.45, 2.75) is 46.3 Å². The van der Waals surface area contributed by atoms with E-state index >= 15 is 0 Å². The first-order chi connectivity index (χ1) is 11.4. The summed E-state index contributed by atoms with van der Waals surface area (Å²) in [6.07, 6.45) is 0.225. The van der Waals surface area contributed by atoms with E-state index in [-0.39, 0.29) is 11.9 Å². The molecule has 0 aliphatic carbocycles. The fourth-order valence-corrected chi connectivity index (χ4v) is 2.88. The van der Waals surface area contributed by atoms with Gasteiger partial charge in [0.1, 0.15) is 5.75 Å². The van der Waals surface area contributed by atoms with E-state index < -0.39 is 6.10 Å². The molecule has 0 aliphatic rings. The lowest BCUT2D eigenvalue weighted by Crippen LogP contribution is -2.38. The highest BCUT2D eigenvalue weighted by Crippen LogP contribution is 2.23. The summed E-state index contributed by atoms with van der Waals surface area (Å²) >= 11 is 5.94. The Morgan fingerprint density at radius 3 is 2.58 bits per heavy atom. The average molecular weight is 346 g/mol. The quantitative estimate of drug-likeness (QED) is 0.800. The molecule has 24 heavy (non-hydrogen) atoms. The molecule has 0 radical (unpaired) electrons. The highest BCUT2D eigenvalue weighted by atomic mass is 35.5. The van der Waals surface area contributed by atoms with Crippen molar-refractivity contribution >= 4 is 17.5 Å². The number of ether oxygens (including phenoxy) is 1. The maximum Gasteiger partial charge on any atom is 0.261 e. The van der Waals surface area contributed by atoms with Gasteiger partial charge in [-0.1, -0.05) is 48.4 Å². The van der Waals surface area contributed by atoms with Crippen LogP contribution in [0.25, 0.3) is 0 Å². The minimum absolute atomic E-state index is 0.0245. The molecule has 0 unspecified atom stereocenters. The molecule has 3 nitrogen and oxygen atoms in total. The van der Waals surface area contributed by atoms with Crippen molar-refractivity contribution in [3.63, 3.8) is 0 Å². The second-order valence-corrected chi connectivity index (χ2v) is 6.48. The number of carbonyl (C=O) groups is 1. The first-order valence-electron chi connectivity index (χ1n) is 8.20. The number of amides is 1. The molecular formula is C20H24ClNO2. The Labute approximate surface area is 149 Å². The van der Waals surface area contributed by atoms with Crippen LogP contribution in [0.5, 0.6) is 5.75 Å². The molecule has 0 spiro atoms. The number of nitrogens with one attached hydrogen (secondary N) is 1. The second-order valence-electron chi connectivity index (χ2n) is 6.05. The van der Waals surface area contributed by atoms with Crippen molar-refractivity contribution in [3.8, 4) is 5.75 Å². The van der Waals surface area contributed by atoms with Gasteiger partial charge in [-0.15, -0.1) is 0 Å². The topological polar surface area (TPSA) is 38.3 Å². The van der Waals surface area contributed by atoms with Gasteiger partial charge in [-0.25, -0.2) is 0 Å². The number of hydrogen-bond acceptors (Lipinski definition) is 2. The SMILES string of the molecule is CC[C@H](NC(=O)[C@H](C)Oc1cccc(Cl)c1)c1ccc(C)cc1C. The van der Waals surface area contributed by atoms with Crippen LogP contribution < -0.4 is 10.1 Å². The summed E-state index contributed by atoms with van der Waals surface area (Å²) in [7, 11) is 0. The van der Waals surface area contributed by atoms with E-state index in [1.807, 2.05) is 0 Å². The lowest BCUT2D eigenvalue weighted by Gasteiger charge is -2.22. The van der Waals surface area contributed by atoms with Gasteiger partial charge in [0.05, 0.1) is 6.04 Å². The summed E-state index contributed by atoms with van der Waals surface area (Å²) in [4.78, 5) is 12.5. The molecule has 0 fully saturated rings. The van der Waals surface area contributed by atoms with Crippen LogP contribution in [-0.4, -0.2) is 12.0 Å². The molecule has 4 heteroatoms. The van der Waals surface area contributed by atoms with Gasteiger partial charge in [0.2, 0.25) is 0 Å². The van der Waals surface area contributed by atoms with Gasteiger partial charge in [-0.05, 0) is 56.5 Å². The maximum absolute atomic E-state index is 12.5. The second kappa shape index (κ2) is 8.20. The first-order valence-corrected chi connectivity index (χ1v) is 8.58. The fraction of sp³-hybridized carbons (Fsp3) is 0.350. The van der Waals surface area contributed by atoms with Crippen molar-refractivity contribution in [1.82, 2.24) is 5.32 Å². The number of aryl methyl sites for hydroxylation is 2. The number of rotatable bonds is 6. The number of carbonyl (C=O) groups excluding carboxylic acids is 1. The van der Waals surface area contributed by atoms with Gasteiger partial charge in [0.15, 0.2) is 6.10 Å². The van der Waals surface area contributed by atoms with Crippen LogP contribution in [0.2, 0.25) is 5.02 Å². The smallest absolute Gasteiger partial charge is 0.261 e. The third kappa shape index (κ3) is 4.75. The van der Waals surface area contributed by atoms with E-state index in [0.717, 1.165) is 12.0 Å². The van der Waals surface area contributed by atoms with Crippen LogP contribution in [0.15, 0.2) is 42.5 Å². The highest BCUT2D eigenvalue weighted by molar-refractivity contribution is 6.30. The van der Waals surface area contributed by atoms with E-state index in [1.54, 1.807) is 31.2 Å². The predicted octanol–water partition coefficient (Wildman–Crippen LogP) is 4.99. The molecule has 0 bridgehead atoms. The van der Waals surface area contributed by atoms with Gasteiger partial charge in [-0.2, -0.15) is 0 Å². The molecule has 0 aromatic heterocycles. The lowest BCUT2D eigenvalue weighted by atomic mass is 9.97. The van der Waals surface area contributed by atoms with Crippen LogP contribution in [0, 0.1) is 13.8 Å². The first kappa shape index (κ1) is 18.3. The molecule has 1 N–H and O–H groups in total. The summed E-state index contributed by atoms with van der Waals surface area (Å²) in [5, 5.41) is 3.67. The summed E-state index contributed by atoms with van der Waals surface area (Å²) in [6.45, 7) is 7.94. The minimum atomic E-state index is -0.594. The molecule has 0 saturated heterocycles. The zero-order valence-corrected chi connectivity index (χ0v) is 15.4. The van der Waals surface area contributed by atoms with Gasteiger partial charge < -0.3 is 10.1 Å². The van der Waals surface area contributed by atoms with Gasteiger partial charge in [0, 0.05) is 5.02 Å². The molecule has 0 heterocycles. The normalized spacial score (nSPS) is 13.2. The van der Waals surface area contributed by atoms with E-state index in [2.05, 4.69) is 44.3 Å². The molecule has 128 valence electrons. The molecule has 2 rings (SSSR count). The van der Waals surface area contributed by atoms with E-state index in [1.165, 1.54) is 11.1 Å². The Morgan fingerprint density at radius 1 is 1.21 bits per heavy atom. The van der Waals surface area contributed by atoms with E-state index in [9.17, 15) is 4.79 Å². The Morgan fingerprint density at radius 2 is 1.96 bits per heavy atom.